The van der Waals surface area contributed by atoms with Gasteiger partial charge < -0.3 is 25.0 Å². The van der Waals surface area contributed by atoms with Crippen LogP contribution < -0.4 is 25.0 Å². The van der Waals surface area contributed by atoms with Crippen LogP contribution in [0.5, 0.6) is 11.5 Å². The van der Waals surface area contributed by atoms with Crippen molar-refractivity contribution in [3.05, 3.63) is 54.0 Å². The number of fused-ring (bicyclic) bond motifs is 1. The van der Waals surface area contributed by atoms with Crippen molar-refractivity contribution in [2.45, 2.75) is 18.8 Å². The first-order chi connectivity index (χ1) is 17.9. The number of rotatable bonds is 10. The smallest absolute Gasteiger partial charge is 0.251 e. The molecule has 1 aliphatic heterocycles. The molecule has 37 heavy (non-hydrogen) atoms. The van der Waals surface area contributed by atoms with Crippen molar-refractivity contribution in [1.29, 1.82) is 0 Å². The molecule has 1 atom stereocenters. The predicted octanol–water partition coefficient (Wildman–Crippen LogP) is 3.86. The summed E-state index contributed by atoms with van der Waals surface area (Å²) in [6.45, 7) is 4.25. The van der Waals surface area contributed by atoms with Gasteiger partial charge in [-0.1, -0.05) is 13.0 Å². The average Bonchev–Trinajstić information content (AvgIpc) is 2.94. The van der Waals surface area contributed by atoms with Crippen LogP contribution in [0.4, 0.5) is 11.6 Å². The summed E-state index contributed by atoms with van der Waals surface area (Å²) in [5, 5.41) is 6.21. The van der Waals surface area contributed by atoms with Gasteiger partial charge in [0.05, 0.1) is 19.3 Å². The summed E-state index contributed by atoms with van der Waals surface area (Å²) < 4.78 is 11.6. The van der Waals surface area contributed by atoms with Gasteiger partial charge in [0, 0.05) is 60.8 Å². The molecule has 1 aromatic carbocycles. The van der Waals surface area contributed by atoms with Gasteiger partial charge in [-0.05, 0) is 30.9 Å². The molecule has 0 fully saturated rings. The molecule has 0 bridgehead atoms. The minimum Gasteiger partial charge on any atom is -0.496 e. The molecule has 2 aromatic heterocycles. The number of carbonyl (C=O) groups excluding carboxylic acids is 1. The van der Waals surface area contributed by atoms with Gasteiger partial charge in [-0.25, -0.2) is 15.0 Å². The highest BCUT2D eigenvalue weighted by molar-refractivity contribution is 7.98. The zero-order valence-electron chi connectivity index (χ0n) is 22.0. The molecule has 1 amide bonds. The quantitative estimate of drug-likeness (QED) is 0.411. The molecule has 0 spiro atoms. The minimum atomic E-state index is -0.247. The van der Waals surface area contributed by atoms with E-state index in [9.17, 15) is 4.79 Å². The first kappa shape index (κ1) is 26.5. The zero-order chi connectivity index (χ0) is 26.4. The Kier molecular flexibility index (Phi) is 8.38. The SMILES string of the molecule is CCC(CNc1cc(-c2cnc3c(c2)OCCN3C)ncn1)(CSC)c1ccc(C(=O)NC)cc1OC. The number of methoxy groups -OCH3 is 1. The van der Waals surface area contributed by atoms with E-state index in [2.05, 4.69) is 43.7 Å². The molecular weight excluding hydrogens is 488 g/mol. The van der Waals surface area contributed by atoms with Crippen LogP contribution in [0, 0.1) is 0 Å². The van der Waals surface area contributed by atoms with Crippen molar-refractivity contribution in [2.24, 2.45) is 0 Å². The number of benzene rings is 1. The predicted molar refractivity (Wildman–Crippen MR) is 149 cm³/mol. The Balaban J connectivity index is 1.60. The topological polar surface area (TPSA) is 102 Å². The molecule has 0 radical (unpaired) electrons. The second-order valence-electron chi connectivity index (χ2n) is 9.02. The molecule has 2 N–H and O–H groups in total. The first-order valence-electron chi connectivity index (χ1n) is 12.2. The van der Waals surface area contributed by atoms with Gasteiger partial charge in [-0.2, -0.15) is 11.8 Å². The first-order valence-corrected chi connectivity index (χ1v) is 13.6. The third kappa shape index (κ3) is 5.58. The number of pyridine rings is 1. The highest BCUT2D eigenvalue weighted by Crippen LogP contribution is 2.38. The molecule has 0 saturated carbocycles. The van der Waals surface area contributed by atoms with Gasteiger partial charge in [0.15, 0.2) is 11.6 Å². The van der Waals surface area contributed by atoms with Crippen molar-refractivity contribution in [1.82, 2.24) is 20.3 Å². The van der Waals surface area contributed by atoms with Crippen LogP contribution in [0.25, 0.3) is 11.3 Å². The highest BCUT2D eigenvalue weighted by Gasteiger charge is 2.33. The number of amides is 1. The van der Waals surface area contributed by atoms with E-state index in [4.69, 9.17) is 9.47 Å². The standard InChI is InChI=1S/C27H34N6O3S/c1-6-27(16-37-5,20-8-7-18(26(34)28-2)11-22(20)35-4)15-30-24-13-21(31-17-32-24)19-12-23-25(29-14-19)33(3)9-10-36-23/h7-8,11-14,17H,6,9-10,15-16H2,1-5H3,(H,28,34)(H,30,31,32). The van der Waals surface area contributed by atoms with Crippen molar-refractivity contribution in [2.75, 3.05) is 63.1 Å². The third-order valence-corrected chi connectivity index (χ3v) is 7.65. The van der Waals surface area contributed by atoms with Crippen LogP contribution in [0.2, 0.25) is 0 Å². The summed E-state index contributed by atoms with van der Waals surface area (Å²) in [5.41, 5.74) is 3.02. The number of thioether (sulfide) groups is 1. The van der Waals surface area contributed by atoms with E-state index < -0.39 is 0 Å². The lowest BCUT2D eigenvalue weighted by Gasteiger charge is -2.34. The summed E-state index contributed by atoms with van der Waals surface area (Å²) in [6, 6.07) is 9.58. The highest BCUT2D eigenvalue weighted by atomic mass is 32.2. The van der Waals surface area contributed by atoms with E-state index >= 15 is 0 Å². The van der Waals surface area contributed by atoms with Crippen molar-refractivity contribution in [3.63, 3.8) is 0 Å². The van der Waals surface area contributed by atoms with E-state index in [0.29, 0.717) is 24.5 Å². The number of nitrogens with zero attached hydrogens (tertiary/aromatic N) is 4. The van der Waals surface area contributed by atoms with Gasteiger partial charge >= 0.3 is 0 Å². The number of anilines is 2. The molecule has 0 saturated heterocycles. The van der Waals surface area contributed by atoms with E-state index in [-0.39, 0.29) is 11.3 Å². The molecule has 0 aliphatic carbocycles. The number of ether oxygens (including phenoxy) is 2. The van der Waals surface area contributed by atoms with Gasteiger partial charge in [-0.15, -0.1) is 0 Å². The van der Waals surface area contributed by atoms with Crippen LogP contribution in [0.1, 0.15) is 29.3 Å². The second-order valence-corrected chi connectivity index (χ2v) is 9.88. The average molecular weight is 523 g/mol. The number of likely N-dealkylation sites (N-methyl/N-ethyl adjacent to an activating group) is 1. The lowest BCUT2D eigenvalue weighted by atomic mass is 9.78. The normalized spacial score (nSPS) is 14.2. The summed E-state index contributed by atoms with van der Waals surface area (Å²) >= 11 is 1.78. The van der Waals surface area contributed by atoms with Crippen LogP contribution in [-0.2, 0) is 5.41 Å². The molecule has 196 valence electrons. The van der Waals surface area contributed by atoms with Crippen molar-refractivity contribution in [3.8, 4) is 22.8 Å². The lowest BCUT2D eigenvalue weighted by Crippen LogP contribution is -2.37. The minimum absolute atomic E-state index is 0.142. The summed E-state index contributed by atoms with van der Waals surface area (Å²) in [5.74, 6) is 3.74. The van der Waals surface area contributed by atoms with Gasteiger partial charge in [0.1, 0.15) is 24.5 Å². The van der Waals surface area contributed by atoms with Crippen LogP contribution >= 0.6 is 11.8 Å². The van der Waals surface area contributed by atoms with Crippen LogP contribution in [0.3, 0.4) is 0 Å². The number of hydrogen-bond donors (Lipinski definition) is 2. The Labute approximate surface area is 222 Å². The van der Waals surface area contributed by atoms with Crippen molar-refractivity contribution < 1.29 is 14.3 Å². The molecule has 10 heteroatoms. The van der Waals surface area contributed by atoms with Gasteiger partial charge in [0.25, 0.3) is 5.91 Å². The van der Waals surface area contributed by atoms with E-state index in [1.165, 1.54) is 0 Å². The van der Waals surface area contributed by atoms with E-state index in [1.54, 1.807) is 32.2 Å². The Morgan fingerprint density at radius 3 is 2.81 bits per heavy atom. The Bertz CT molecular complexity index is 1260. The molecule has 3 heterocycles. The molecule has 1 aliphatic rings. The molecular formula is C27H34N6O3S. The number of hydrogen-bond acceptors (Lipinski definition) is 9. The third-order valence-electron chi connectivity index (χ3n) is 6.81. The molecule has 1 unspecified atom stereocenters. The second kappa shape index (κ2) is 11.7. The fourth-order valence-corrected chi connectivity index (χ4v) is 5.59. The van der Waals surface area contributed by atoms with Crippen LogP contribution in [-0.4, -0.2) is 73.8 Å². The maximum atomic E-state index is 12.2. The largest absolute Gasteiger partial charge is 0.496 e. The van der Waals surface area contributed by atoms with Crippen LogP contribution in [0.15, 0.2) is 42.9 Å². The van der Waals surface area contributed by atoms with Crippen molar-refractivity contribution >= 4 is 29.3 Å². The summed E-state index contributed by atoms with van der Waals surface area (Å²) in [4.78, 5) is 27.8. The molecule has 4 rings (SSSR count). The molecule has 9 nitrogen and oxygen atoms in total. The number of carbonyl (C=O) groups is 1. The Morgan fingerprint density at radius 2 is 2.08 bits per heavy atom. The summed E-state index contributed by atoms with van der Waals surface area (Å²) in [6.07, 6.45) is 6.35. The van der Waals surface area contributed by atoms with E-state index in [0.717, 1.165) is 52.9 Å². The van der Waals surface area contributed by atoms with E-state index in [1.807, 2.05) is 43.6 Å². The lowest BCUT2D eigenvalue weighted by molar-refractivity contribution is 0.0962. The maximum Gasteiger partial charge on any atom is 0.251 e. The Hall–Kier alpha value is -3.53. The molecule has 3 aromatic rings. The fourth-order valence-electron chi connectivity index (χ4n) is 4.57. The number of aromatic nitrogens is 3. The fraction of sp³-hybridized carbons (Fsp3) is 0.407. The van der Waals surface area contributed by atoms with Gasteiger partial charge in [-0.3, -0.25) is 4.79 Å². The Morgan fingerprint density at radius 1 is 1.24 bits per heavy atom. The summed E-state index contributed by atoms with van der Waals surface area (Å²) in [7, 11) is 5.28. The monoisotopic (exact) mass is 522 g/mol. The zero-order valence-corrected chi connectivity index (χ0v) is 22.8. The number of nitrogens with one attached hydrogen (secondary N) is 2. The maximum absolute atomic E-state index is 12.2. The van der Waals surface area contributed by atoms with Gasteiger partial charge in [0.2, 0.25) is 0 Å².